The molecule has 1 aliphatic carbocycles. The molecule has 0 saturated heterocycles. The largest absolute Gasteiger partial charge is 0.476 e. The van der Waals surface area contributed by atoms with Gasteiger partial charge in [0.05, 0.1) is 23.1 Å². The number of nitrogens with one attached hydrogen (secondary N) is 1. The van der Waals surface area contributed by atoms with E-state index in [2.05, 4.69) is 21.2 Å². The number of amides is 1. The average Bonchev–Trinajstić information content (AvgIpc) is 3.49. The summed E-state index contributed by atoms with van der Waals surface area (Å²) in [7, 11) is 1.64. The van der Waals surface area contributed by atoms with Crippen molar-refractivity contribution in [1.29, 1.82) is 0 Å². The summed E-state index contributed by atoms with van der Waals surface area (Å²) in [6.07, 6.45) is 7.20. The number of fused-ring (bicyclic) bond motifs is 1. The number of benzene rings is 1. The summed E-state index contributed by atoms with van der Waals surface area (Å²) >= 11 is 1.49. The van der Waals surface area contributed by atoms with Crippen LogP contribution in [0.3, 0.4) is 0 Å². The van der Waals surface area contributed by atoms with Gasteiger partial charge in [0.1, 0.15) is 17.3 Å². The summed E-state index contributed by atoms with van der Waals surface area (Å²) < 4.78 is 25.8. The van der Waals surface area contributed by atoms with Crippen molar-refractivity contribution in [3.8, 4) is 18.1 Å². The number of anilines is 1. The fourth-order valence-corrected chi connectivity index (χ4v) is 6.05. The normalized spacial score (nSPS) is 26.0. The zero-order valence-electron chi connectivity index (χ0n) is 19.5. The van der Waals surface area contributed by atoms with Gasteiger partial charge in [-0.2, -0.15) is 0 Å². The Hall–Kier alpha value is -3.09. The van der Waals surface area contributed by atoms with Crippen LogP contribution in [0.2, 0.25) is 0 Å². The number of pyridine rings is 1. The van der Waals surface area contributed by atoms with Crippen LogP contribution in [0.15, 0.2) is 35.5 Å². The van der Waals surface area contributed by atoms with E-state index in [0.717, 1.165) is 6.42 Å². The molecule has 1 fully saturated rings. The maximum Gasteiger partial charge on any atom is 0.274 e. The average molecular weight is 483 g/mol. The van der Waals surface area contributed by atoms with E-state index in [0.29, 0.717) is 34.3 Å². The molecular weight excluding hydrogens is 455 g/mol. The minimum Gasteiger partial charge on any atom is -0.476 e. The SMILES string of the molecule is C#C[C@H](C)Oc1cnc(C(=O)Nc2ccc(F)c([C@]3(C)N=C(N)S[C@@]4(COC)C[C@H]43)c2)c(C)c1. The smallest absolute Gasteiger partial charge is 0.274 e. The first-order chi connectivity index (χ1) is 16.1. The summed E-state index contributed by atoms with van der Waals surface area (Å²) in [6.45, 7) is 5.89. The van der Waals surface area contributed by atoms with E-state index in [1.54, 1.807) is 33.1 Å². The number of methoxy groups -OCH3 is 1. The second-order valence-corrected chi connectivity index (χ2v) is 10.3. The number of aliphatic imine (C=N–C) groups is 1. The number of hydrogen-bond acceptors (Lipinski definition) is 7. The van der Waals surface area contributed by atoms with E-state index in [1.807, 2.05) is 6.92 Å². The minimum atomic E-state index is -0.862. The molecule has 0 radical (unpaired) electrons. The Balaban J connectivity index is 1.58. The van der Waals surface area contributed by atoms with Gasteiger partial charge in [0.2, 0.25) is 0 Å². The van der Waals surface area contributed by atoms with E-state index in [9.17, 15) is 4.79 Å². The Morgan fingerprint density at radius 2 is 2.24 bits per heavy atom. The molecule has 178 valence electrons. The van der Waals surface area contributed by atoms with Gasteiger partial charge in [-0.05, 0) is 57.0 Å². The first-order valence-corrected chi connectivity index (χ1v) is 11.7. The summed E-state index contributed by atoms with van der Waals surface area (Å²) in [5.41, 5.74) is 6.94. The molecule has 1 aromatic carbocycles. The fourth-order valence-electron chi connectivity index (χ4n) is 4.60. The molecule has 1 aromatic heterocycles. The lowest BCUT2D eigenvalue weighted by Crippen LogP contribution is -2.37. The molecule has 2 aromatic rings. The monoisotopic (exact) mass is 482 g/mol. The van der Waals surface area contributed by atoms with E-state index in [4.69, 9.17) is 21.6 Å². The van der Waals surface area contributed by atoms with Crippen molar-refractivity contribution in [2.24, 2.45) is 16.6 Å². The van der Waals surface area contributed by atoms with E-state index < -0.39 is 23.4 Å². The van der Waals surface area contributed by atoms with Crippen LogP contribution >= 0.6 is 11.8 Å². The van der Waals surface area contributed by atoms with Crippen LogP contribution in [-0.2, 0) is 10.3 Å². The summed E-state index contributed by atoms with van der Waals surface area (Å²) in [4.78, 5) is 21.8. The van der Waals surface area contributed by atoms with E-state index in [-0.39, 0.29) is 16.4 Å². The number of nitrogens with zero attached hydrogens (tertiary/aromatic N) is 2. The molecular formula is C25H27FN4O3S. The summed E-state index contributed by atoms with van der Waals surface area (Å²) in [5.74, 6) is 2.20. The Kier molecular flexibility index (Phi) is 6.32. The minimum absolute atomic E-state index is 0.0690. The number of ether oxygens (including phenoxy) is 2. The van der Waals surface area contributed by atoms with Crippen LogP contribution in [0.4, 0.5) is 10.1 Å². The highest BCUT2D eigenvalue weighted by molar-refractivity contribution is 8.15. The number of rotatable bonds is 7. The maximum absolute atomic E-state index is 15.0. The highest BCUT2D eigenvalue weighted by Gasteiger charge is 2.66. The number of carbonyl (C=O) groups is 1. The number of amidine groups is 1. The van der Waals surface area contributed by atoms with E-state index in [1.165, 1.54) is 30.1 Å². The van der Waals surface area contributed by atoms with Crippen LogP contribution in [0.5, 0.6) is 5.75 Å². The van der Waals surface area contributed by atoms with Crippen molar-refractivity contribution < 1.29 is 18.7 Å². The molecule has 34 heavy (non-hydrogen) atoms. The fraction of sp³-hybridized carbons (Fsp3) is 0.400. The molecule has 1 amide bonds. The predicted molar refractivity (Wildman–Crippen MR) is 132 cm³/mol. The number of aryl methyl sites for hydroxylation is 1. The highest BCUT2D eigenvalue weighted by Crippen LogP contribution is 2.66. The topological polar surface area (TPSA) is 98.8 Å². The lowest BCUT2D eigenvalue weighted by atomic mass is 9.85. The Morgan fingerprint density at radius 3 is 2.91 bits per heavy atom. The van der Waals surface area contributed by atoms with Gasteiger partial charge in [-0.3, -0.25) is 9.79 Å². The first-order valence-electron chi connectivity index (χ1n) is 10.9. The lowest BCUT2D eigenvalue weighted by Gasteiger charge is -2.34. The van der Waals surface area contributed by atoms with Crippen molar-refractivity contribution >= 4 is 28.5 Å². The van der Waals surface area contributed by atoms with Gasteiger partial charge in [-0.25, -0.2) is 9.37 Å². The molecule has 0 spiro atoms. The number of carbonyl (C=O) groups excluding carboxylic acids is 1. The maximum atomic E-state index is 15.0. The predicted octanol–water partition coefficient (Wildman–Crippen LogP) is 3.86. The number of halogens is 1. The van der Waals surface area contributed by atoms with Crippen molar-refractivity contribution in [2.45, 2.75) is 43.6 Å². The third kappa shape index (κ3) is 4.36. The van der Waals surface area contributed by atoms with Crippen molar-refractivity contribution in [3.05, 3.63) is 53.1 Å². The number of hydrogen-bond donors (Lipinski definition) is 2. The second kappa shape index (κ2) is 8.93. The molecule has 9 heteroatoms. The van der Waals surface area contributed by atoms with Gasteiger partial charge in [-0.1, -0.05) is 17.7 Å². The third-order valence-corrected chi connectivity index (χ3v) is 7.60. The van der Waals surface area contributed by atoms with Crippen molar-refractivity contribution in [1.82, 2.24) is 4.98 Å². The summed E-state index contributed by atoms with van der Waals surface area (Å²) in [5, 5.41) is 3.22. The molecule has 0 unspecified atom stereocenters. The Morgan fingerprint density at radius 1 is 1.47 bits per heavy atom. The first kappa shape index (κ1) is 24.0. The number of nitrogens with two attached hydrogens (primary N) is 1. The van der Waals surface area contributed by atoms with Gasteiger partial charge in [0, 0.05) is 24.3 Å². The van der Waals surface area contributed by atoms with Crippen LogP contribution in [-0.4, -0.2) is 40.6 Å². The van der Waals surface area contributed by atoms with Crippen LogP contribution in [0, 0.1) is 31.0 Å². The van der Waals surface area contributed by atoms with Gasteiger partial charge >= 0.3 is 0 Å². The van der Waals surface area contributed by atoms with Crippen LogP contribution in [0.1, 0.15) is 41.9 Å². The number of aromatic nitrogens is 1. The van der Waals surface area contributed by atoms with Gasteiger partial charge in [-0.15, -0.1) is 6.42 Å². The zero-order valence-corrected chi connectivity index (χ0v) is 20.3. The zero-order chi connectivity index (χ0) is 24.7. The molecule has 7 nitrogen and oxygen atoms in total. The van der Waals surface area contributed by atoms with Gasteiger partial charge in [0.25, 0.3) is 5.91 Å². The Labute approximate surface area is 202 Å². The van der Waals surface area contributed by atoms with Gasteiger partial charge < -0.3 is 20.5 Å². The molecule has 2 aliphatic rings. The third-order valence-electron chi connectivity index (χ3n) is 6.33. The molecule has 1 saturated carbocycles. The van der Waals surface area contributed by atoms with E-state index >= 15 is 4.39 Å². The molecule has 3 N–H and O–H groups in total. The molecule has 2 heterocycles. The lowest BCUT2D eigenvalue weighted by molar-refractivity contribution is 0.102. The molecule has 1 aliphatic heterocycles. The number of thioether (sulfide) groups is 1. The van der Waals surface area contributed by atoms with Crippen molar-refractivity contribution in [3.63, 3.8) is 0 Å². The molecule has 4 rings (SSSR count). The standard InChI is InChI=1S/C25H27FN4O3S/c1-6-15(3)33-17-9-14(2)21(28-12-17)22(31)29-16-7-8-19(26)18(10-16)24(4)20-11-25(20,13-32-5)34-23(27)30-24/h1,7-10,12,15,20H,11,13H2,2-5H3,(H2,27,30)(H,29,31)/t15-,20-,24-,25+/m0/s1. The van der Waals surface area contributed by atoms with Gasteiger partial charge in [0.15, 0.2) is 11.3 Å². The van der Waals surface area contributed by atoms with Crippen molar-refractivity contribution in [2.75, 3.05) is 19.0 Å². The second-order valence-electron chi connectivity index (χ2n) is 8.87. The Bertz CT molecular complexity index is 1210. The summed E-state index contributed by atoms with van der Waals surface area (Å²) in [6, 6.07) is 6.17. The quantitative estimate of drug-likeness (QED) is 0.582. The molecule has 0 bridgehead atoms. The molecule has 4 atom stereocenters. The highest BCUT2D eigenvalue weighted by atomic mass is 32.2. The number of terminal acetylenes is 1. The van der Waals surface area contributed by atoms with Crippen LogP contribution < -0.4 is 15.8 Å². The van der Waals surface area contributed by atoms with Crippen LogP contribution in [0.25, 0.3) is 0 Å².